The molecule has 0 bridgehead atoms. The van der Waals surface area contributed by atoms with Gasteiger partial charge in [0.2, 0.25) is 10.0 Å². The number of hydrogen-bond donors (Lipinski definition) is 3. The van der Waals surface area contributed by atoms with Crippen LogP contribution in [0.5, 0.6) is 0 Å². The van der Waals surface area contributed by atoms with Gasteiger partial charge in [0.1, 0.15) is 4.90 Å². The van der Waals surface area contributed by atoms with Crippen LogP contribution in [0.1, 0.15) is 55.7 Å². The molecule has 0 spiro atoms. The van der Waals surface area contributed by atoms with Crippen molar-refractivity contribution >= 4 is 15.9 Å². The first-order valence-corrected chi connectivity index (χ1v) is 8.82. The number of carbonyl (C=O) groups excluding carboxylic acids is 1. The number of primary sulfonamides is 1. The first-order valence-electron chi connectivity index (χ1n) is 7.27. The molecule has 21 heavy (non-hydrogen) atoms. The van der Waals surface area contributed by atoms with Gasteiger partial charge in [-0.3, -0.25) is 9.89 Å². The number of aromatic nitrogens is 2. The average Bonchev–Trinajstić information content (AvgIpc) is 3.10. The lowest BCUT2D eigenvalue weighted by atomic mass is 10.1. The summed E-state index contributed by atoms with van der Waals surface area (Å²) < 4.78 is 23.4. The van der Waals surface area contributed by atoms with E-state index in [1.54, 1.807) is 6.92 Å². The molecule has 1 aliphatic rings. The molecule has 1 amide bonds. The number of carbonyl (C=O) groups is 1. The van der Waals surface area contributed by atoms with Gasteiger partial charge in [-0.1, -0.05) is 26.7 Å². The molecule has 1 aromatic heterocycles. The van der Waals surface area contributed by atoms with Crippen molar-refractivity contribution in [2.45, 2.75) is 56.9 Å². The number of nitrogens with zero attached hydrogens (tertiary/aromatic N) is 1. The zero-order chi connectivity index (χ0) is 15.6. The number of amides is 1. The molecular formula is C13H22N4O3S. The van der Waals surface area contributed by atoms with E-state index >= 15 is 0 Å². The Kier molecular flexibility index (Phi) is 4.67. The van der Waals surface area contributed by atoms with Crippen molar-refractivity contribution in [2.24, 2.45) is 11.1 Å². The number of nitrogens with two attached hydrogens (primary N) is 1. The summed E-state index contributed by atoms with van der Waals surface area (Å²) in [6.07, 6.45) is 4.55. The van der Waals surface area contributed by atoms with Gasteiger partial charge in [-0.15, -0.1) is 0 Å². The second-order valence-corrected chi connectivity index (χ2v) is 7.03. The van der Waals surface area contributed by atoms with Crippen LogP contribution in [0, 0.1) is 5.92 Å². The van der Waals surface area contributed by atoms with Crippen LogP contribution in [0.25, 0.3) is 0 Å². The van der Waals surface area contributed by atoms with Crippen molar-refractivity contribution in [3.63, 3.8) is 0 Å². The summed E-state index contributed by atoms with van der Waals surface area (Å²) in [5.74, 6) is 0.195. The Morgan fingerprint density at radius 3 is 2.62 bits per heavy atom. The van der Waals surface area contributed by atoms with Crippen molar-refractivity contribution in [1.82, 2.24) is 15.5 Å². The van der Waals surface area contributed by atoms with Crippen LogP contribution in [0.3, 0.4) is 0 Å². The van der Waals surface area contributed by atoms with Gasteiger partial charge in [-0.05, 0) is 25.2 Å². The molecular weight excluding hydrogens is 292 g/mol. The van der Waals surface area contributed by atoms with Gasteiger partial charge in [0.25, 0.3) is 5.91 Å². The van der Waals surface area contributed by atoms with Crippen LogP contribution in [-0.2, 0) is 16.4 Å². The Bertz CT molecular complexity index is 619. The van der Waals surface area contributed by atoms with Crippen LogP contribution < -0.4 is 10.5 Å². The summed E-state index contributed by atoms with van der Waals surface area (Å²) in [5, 5.41) is 14.5. The average molecular weight is 314 g/mol. The Labute approximate surface area is 124 Å². The highest BCUT2D eigenvalue weighted by Gasteiger charge is 2.29. The SMILES string of the molecule is CCc1[nH]nc(C(=O)NC(CC)CC2CC2)c1S(N)(=O)=O. The fourth-order valence-corrected chi connectivity index (χ4v) is 3.35. The van der Waals surface area contributed by atoms with Gasteiger partial charge >= 0.3 is 0 Å². The van der Waals surface area contributed by atoms with E-state index in [1.165, 1.54) is 12.8 Å². The molecule has 0 aromatic carbocycles. The van der Waals surface area contributed by atoms with E-state index in [4.69, 9.17) is 5.14 Å². The Morgan fingerprint density at radius 2 is 2.14 bits per heavy atom. The van der Waals surface area contributed by atoms with Crippen LogP contribution in [0.15, 0.2) is 4.90 Å². The van der Waals surface area contributed by atoms with Gasteiger partial charge in [0.15, 0.2) is 5.69 Å². The lowest BCUT2D eigenvalue weighted by Crippen LogP contribution is -2.36. The molecule has 2 rings (SSSR count). The van der Waals surface area contributed by atoms with Gasteiger partial charge in [-0.2, -0.15) is 5.10 Å². The van der Waals surface area contributed by atoms with Gasteiger partial charge in [-0.25, -0.2) is 13.6 Å². The van der Waals surface area contributed by atoms with E-state index in [1.807, 2.05) is 6.92 Å². The minimum atomic E-state index is -3.99. The van der Waals surface area contributed by atoms with E-state index in [9.17, 15) is 13.2 Å². The molecule has 1 saturated carbocycles. The summed E-state index contributed by atoms with van der Waals surface area (Å²) in [6, 6.07) is 0.0418. The lowest BCUT2D eigenvalue weighted by molar-refractivity contribution is 0.0924. The molecule has 7 nitrogen and oxygen atoms in total. The third kappa shape index (κ3) is 3.82. The number of sulfonamides is 1. The fraction of sp³-hybridized carbons (Fsp3) is 0.692. The first-order chi connectivity index (χ1) is 9.86. The van der Waals surface area contributed by atoms with Crippen LogP contribution >= 0.6 is 0 Å². The highest BCUT2D eigenvalue weighted by atomic mass is 32.2. The summed E-state index contributed by atoms with van der Waals surface area (Å²) >= 11 is 0. The lowest BCUT2D eigenvalue weighted by Gasteiger charge is -2.16. The first kappa shape index (κ1) is 16.0. The van der Waals surface area contributed by atoms with Gasteiger partial charge < -0.3 is 5.32 Å². The number of nitrogens with one attached hydrogen (secondary N) is 2. The van der Waals surface area contributed by atoms with E-state index in [0.717, 1.165) is 12.8 Å². The Morgan fingerprint density at radius 1 is 1.48 bits per heavy atom. The third-order valence-corrected chi connectivity index (χ3v) is 4.80. The standard InChI is InChI=1S/C13H22N4O3S/c1-3-9(7-8-5-6-8)15-13(18)11-12(21(14,19)20)10(4-2)16-17-11/h8-9H,3-7H2,1-2H3,(H,15,18)(H,16,17)(H2,14,19,20). The molecule has 8 heteroatoms. The van der Waals surface area contributed by atoms with Crippen LogP contribution in [-0.4, -0.2) is 30.6 Å². The minimum absolute atomic E-state index is 0.0418. The maximum absolute atomic E-state index is 12.3. The summed E-state index contributed by atoms with van der Waals surface area (Å²) in [6.45, 7) is 3.77. The topological polar surface area (TPSA) is 118 Å². The normalized spacial score (nSPS) is 16.7. The molecule has 1 unspecified atom stereocenters. The summed E-state index contributed by atoms with van der Waals surface area (Å²) in [4.78, 5) is 12.1. The predicted molar refractivity (Wildman–Crippen MR) is 78.2 cm³/mol. The maximum Gasteiger partial charge on any atom is 0.273 e. The molecule has 118 valence electrons. The van der Waals surface area contributed by atoms with Gasteiger partial charge in [0.05, 0.1) is 5.69 Å². The second-order valence-electron chi connectivity index (χ2n) is 5.54. The molecule has 1 atom stereocenters. The van der Waals surface area contributed by atoms with Crippen molar-refractivity contribution in [3.05, 3.63) is 11.4 Å². The maximum atomic E-state index is 12.3. The van der Waals surface area contributed by atoms with Crippen molar-refractivity contribution in [3.8, 4) is 0 Å². The summed E-state index contributed by atoms with van der Waals surface area (Å²) in [7, 11) is -3.99. The summed E-state index contributed by atoms with van der Waals surface area (Å²) in [5.41, 5.74) is 0.224. The van der Waals surface area contributed by atoms with Crippen molar-refractivity contribution in [2.75, 3.05) is 0 Å². The third-order valence-electron chi connectivity index (χ3n) is 3.79. The van der Waals surface area contributed by atoms with Crippen molar-refractivity contribution < 1.29 is 13.2 Å². The molecule has 1 heterocycles. The van der Waals surface area contributed by atoms with E-state index in [2.05, 4.69) is 15.5 Å². The number of H-pyrrole nitrogens is 1. The number of aromatic amines is 1. The van der Waals surface area contributed by atoms with Crippen LogP contribution in [0.4, 0.5) is 0 Å². The monoisotopic (exact) mass is 314 g/mol. The van der Waals surface area contributed by atoms with E-state index in [0.29, 0.717) is 18.0 Å². The Balaban J connectivity index is 2.20. The molecule has 0 saturated heterocycles. The van der Waals surface area contributed by atoms with E-state index in [-0.39, 0.29) is 16.6 Å². The number of rotatable bonds is 7. The number of aryl methyl sites for hydroxylation is 1. The zero-order valence-corrected chi connectivity index (χ0v) is 13.2. The molecule has 1 aromatic rings. The smallest absolute Gasteiger partial charge is 0.273 e. The zero-order valence-electron chi connectivity index (χ0n) is 12.3. The molecule has 4 N–H and O–H groups in total. The second kappa shape index (κ2) is 6.15. The molecule has 1 fully saturated rings. The van der Waals surface area contributed by atoms with Crippen LogP contribution in [0.2, 0.25) is 0 Å². The minimum Gasteiger partial charge on any atom is -0.348 e. The quantitative estimate of drug-likeness (QED) is 0.693. The number of hydrogen-bond acceptors (Lipinski definition) is 4. The largest absolute Gasteiger partial charge is 0.348 e. The predicted octanol–water partition coefficient (Wildman–Crippen LogP) is 0.928. The van der Waals surface area contributed by atoms with E-state index < -0.39 is 15.9 Å². The fourth-order valence-electron chi connectivity index (χ4n) is 2.41. The van der Waals surface area contributed by atoms with Crippen molar-refractivity contribution in [1.29, 1.82) is 0 Å². The Hall–Kier alpha value is -1.41. The molecule has 0 radical (unpaired) electrons. The van der Waals surface area contributed by atoms with Gasteiger partial charge in [0, 0.05) is 6.04 Å². The highest BCUT2D eigenvalue weighted by Crippen LogP contribution is 2.34. The molecule has 1 aliphatic carbocycles. The highest BCUT2D eigenvalue weighted by molar-refractivity contribution is 7.89. The molecule has 0 aliphatic heterocycles.